The average Bonchev–Trinajstić information content (AvgIpc) is 2.95. The molecule has 0 saturated heterocycles. The van der Waals surface area contributed by atoms with E-state index in [1.54, 1.807) is 0 Å². The van der Waals surface area contributed by atoms with Crippen molar-refractivity contribution in [2.75, 3.05) is 6.61 Å². The zero-order chi connectivity index (χ0) is 17.5. The van der Waals surface area contributed by atoms with Crippen molar-refractivity contribution in [3.63, 3.8) is 0 Å². The third-order valence-electron chi connectivity index (χ3n) is 4.63. The van der Waals surface area contributed by atoms with E-state index in [2.05, 4.69) is 19.1 Å². The van der Waals surface area contributed by atoms with Gasteiger partial charge in [0.25, 0.3) is 0 Å². The lowest BCUT2D eigenvalue weighted by molar-refractivity contribution is 0.0972. The molecular weight excluding hydrogens is 300 g/mol. The zero-order valence-electron chi connectivity index (χ0n) is 14.7. The van der Waals surface area contributed by atoms with Gasteiger partial charge in [-0.05, 0) is 55.9 Å². The first-order valence-electron chi connectivity index (χ1n) is 8.61. The van der Waals surface area contributed by atoms with Crippen LogP contribution >= 0.6 is 0 Å². The number of benzene rings is 1. The highest BCUT2D eigenvalue weighted by atomic mass is 16.3. The minimum atomic E-state index is -0.201. The predicted molar refractivity (Wildman–Crippen MR) is 97.2 cm³/mol. The van der Waals surface area contributed by atoms with Crippen LogP contribution in [0.4, 0.5) is 0 Å². The molecule has 0 fully saturated rings. The van der Waals surface area contributed by atoms with E-state index in [4.69, 9.17) is 10.8 Å². The molecule has 2 rings (SSSR count). The van der Waals surface area contributed by atoms with Crippen molar-refractivity contribution in [2.24, 2.45) is 12.8 Å². The maximum atomic E-state index is 12.5. The number of aliphatic hydroxyl groups is 1. The first kappa shape index (κ1) is 18.4. The highest BCUT2D eigenvalue weighted by Crippen LogP contribution is 2.15. The van der Waals surface area contributed by atoms with E-state index in [0.29, 0.717) is 6.42 Å². The summed E-state index contributed by atoms with van der Waals surface area (Å²) in [7, 11) is 1.92. The Kier molecular flexibility index (Phi) is 6.76. The largest absolute Gasteiger partial charge is 0.395 e. The molecule has 0 radical (unpaired) electrons. The highest BCUT2D eigenvalue weighted by Gasteiger charge is 2.13. The van der Waals surface area contributed by atoms with Gasteiger partial charge in [0.05, 0.1) is 12.3 Å². The molecule has 4 heteroatoms. The van der Waals surface area contributed by atoms with Crippen LogP contribution in [0.3, 0.4) is 0 Å². The van der Waals surface area contributed by atoms with Crippen LogP contribution in [-0.2, 0) is 19.9 Å². The summed E-state index contributed by atoms with van der Waals surface area (Å²) in [6.07, 6.45) is 3.84. The SMILES string of the molecule is Cc1ccccc1CCCC(=O)c1ccc(CC[C@@H](N)CO)n1C. The van der Waals surface area contributed by atoms with Gasteiger partial charge < -0.3 is 15.4 Å². The summed E-state index contributed by atoms with van der Waals surface area (Å²) in [5.41, 5.74) is 10.2. The summed E-state index contributed by atoms with van der Waals surface area (Å²) in [6, 6.07) is 12.0. The Morgan fingerprint density at radius 1 is 1.21 bits per heavy atom. The Bertz CT molecular complexity index is 676. The fourth-order valence-corrected chi connectivity index (χ4v) is 2.97. The average molecular weight is 328 g/mol. The summed E-state index contributed by atoms with van der Waals surface area (Å²) in [5.74, 6) is 0.184. The summed E-state index contributed by atoms with van der Waals surface area (Å²) in [6.45, 7) is 2.10. The number of hydrogen-bond acceptors (Lipinski definition) is 3. The Morgan fingerprint density at radius 3 is 2.67 bits per heavy atom. The van der Waals surface area contributed by atoms with Gasteiger partial charge in [0.2, 0.25) is 0 Å². The number of rotatable bonds is 9. The molecular formula is C20H28N2O2. The zero-order valence-corrected chi connectivity index (χ0v) is 14.7. The number of nitrogens with zero attached hydrogens (tertiary/aromatic N) is 1. The Morgan fingerprint density at radius 2 is 1.96 bits per heavy atom. The molecule has 0 aliphatic rings. The molecule has 0 aliphatic carbocycles. The van der Waals surface area contributed by atoms with Gasteiger partial charge in [-0.3, -0.25) is 4.79 Å². The summed E-state index contributed by atoms with van der Waals surface area (Å²) < 4.78 is 1.96. The lowest BCUT2D eigenvalue weighted by Gasteiger charge is -2.10. The van der Waals surface area contributed by atoms with Gasteiger partial charge in [-0.1, -0.05) is 24.3 Å². The first-order chi connectivity index (χ1) is 11.5. The molecule has 0 unspecified atom stereocenters. The summed E-state index contributed by atoms with van der Waals surface area (Å²) >= 11 is 0. The second-order valence-corrected chi connectivity index (χ2v) is 6.45. The molecule has 0 bridgehead atoms. The van der Waals surface area contributed by atoms with Gasteiger partial charge >= 0.3 is 0 Å². The van der Waals surface area contributed by atoms with E-state index >= 15 is 0 Å². The van der Waals surface area contributed by atoms with E-state index in [1.807, 2.05) is 35.9 Å². The number of carbonyl (C=O) groups is 1. The molecule has 1 aromatic carbocycles. The van der Waals surface area contributed by atoms with Crippen molar-refractivity contribution < 1.29 is 9.90 Å². The van der Waals surface area contributed by atoms with Gasteiger partial charge in [0, 0.05) is 25.2 Å². The lowest BCUT2D eigenvalue weighted by atomic mass is 10.0. The maximum Gasteiger partial charge on any atom is 0.179 e. The third kappa shape index (κ3) is 4.79. The van der Waals surface area contributed by atoms with E-state index in [1.165, 1.54) is 11.1 Å². The molecule has 2 aromatic rings. The van der Waals surface area contributed by atoms with E-state index in [9.17, 15) is 4.79 Å². The maximum absolute atomic E-state index is 12.5. The number of Topliss-reactive ketones (excluding diaryl/α,β-unsaturated/α-hetero) is 1. The van der Waals surface area contributed by atoms with Gasteiger partial charge in [0.1, 0.15) is 0 Å². The molecule has 0 spiro atoms. The topological polar surface area (TPSA) is 68.2 Å². The Balaban J connectivity index is 1.88. The van der Waals surface area contributed by atoms with Gasteiger partial charge in [-0.2, -0.15) is 0 Å². The van der Waals surface area contributed by atoms with Crippen LogP contribution < -0.4 is 5.73 Å². The Hall–Kier alpha value is -1.91. The van der Waals surface area contributed by atoms with Crippen LogP contribution in [0.2, 0.25) is 0 Å². The summed E-state index contributed by atoms with van der Waals surface area (Å²) in [5, 5.41) is 9.00. The fraction of sp³-hybridized carbons (Fsp3) is 0.450. The second-order valence-electron chi connectivity index (χ2n) is 6.45. The number of aliphatic hydroxyl groups excluding tert-OH is 1. The first-order valence-corrected chi connectivity index (χ1v) is 8.61. The predicted octanol–water partition coefficient (Wildman–Crippen LogP) is 2.79. The number of hydrogen-bond donors (Lipinski definition) is 2. The van der Waals surface area contributed by atoms with Gasteiger partial charge in [0.15, 0.2) is 5.78 Å². The molecule has 130 valence electrons. The number of nitrogens with two attached hydrogens (primary N) is 1. The van der Waals surface area contributed by atoms with Crippen LogP contribution in [0.15, 0.2) is 36.4 Å². The summed E-state index contributed by atoms with van der Waals surface area (Å²) in [4.78, 5) is 12.5. The van der Waals surface area contributed by atoms with Crippen molar-refractivity contribution in [1.82, 2.24) is 4.57 Å². The number of carbonyl (C=O) groups excluding carboxylic acids is 1. The van der Waals surface area contributed by atoms with Crippen molar-refractivity contribution in [1.29, 1.82) is 0 Å². The van der Waals surface area contributed by atoms with Crippen LogP contribution in [0, 0.1) is 6.92 Å². The normalized spacial score (nSPS) is 12.3. The molecule has 24 heavy (non-hydrogen) atoms. The highest BCUT2D eigenvalue weighted by molar-refractivity contribution is 5.94. The van der Waals surface area contributed by atoms with Crippen LogP contribution in [-0.4, -0.2) is 28.1 Å². The van der Waals surface area contributed by atoms with Crippen LogP contribution in [0.5, 0.6) is 0 Å². The number of aromatic nitrogens is 1. The minimum absolute atomic E-state index is 0.00485. The van der Waals surface area contributed by atoms with E-state index < -0.39 is 0 Å². The fourth-order valence-electron chi connectivity index (χ4n) is 2.97. The molecule has 0 aliphatic heterocycles. The number of ketones is 1. The third-order valence-corrected chi connectivity index (χ3v) is 4.63. The quantitative estimate of drug-likeness (QED) is 0.696. The monoisotopic (exact) mass is 328 g/mol. The van der Waals surface area contributed by atoms with Crippen molar-refractivity contribution in [3.8, 4) is 0 Å². The Labute approximate surface area is 144 Å². The van der Waals surface area contributed by atoms with Crippen LogP contribution in [0.1, 0.15) is 46.6 Å². The van der Waals surface area contributed by atoms with Crippen molar-refractivity contribution in [2.45, 2.75) is 45.1 Å². The molecule has 1 aromatic heterocycles. The second kappa shape index (κ2) is 8.81. The molecule has 3 N–H and O–H groups in total. The van der Waals surface area contributed by atoms with Crippen molar-refractivity contribution >= 4 is 5.78 Å². The lowest BCUT2D eigenvalue weighted by Crippen LogP contribution is -2.25. The van der Waals surface area contributed by atoms with E-state index in [-0.39, 0.29) is 18.4 Å². The van der Waals surface area contributed by atoms with Gasteiger partial charge in [-0.15, -0.1) is 0 Å². The smallest absolute Gasteiger partial charge is 0.179 e. The molecule has 0 amide bonds. The standard InChI is InChI=1S/C20H28N2O2/c1-15-6-3-4-7-16(15)8-5-9-20(24)19-13-12-18(22(19)2)11-10-17(21)14-23/h3-4,6-7,12-13,17,23H,5,8-11,14,21H2,1-2H3/t17-/m1/s1. The molecule has 1 heterocycles. The van der Waals surface area contributed by atoms with Crippen LogP contribution in [0.25, 0.3) is 0 Å². The minimum Gasteiger partial charge on any atom is -0.395 e. The molecule has 1 atom stereocenters. The van der Waals surface area contributed by atoms with Gasteiger partial charge in [-0.25, -0.2) is 0 Å². The van der Waals surface area contributed by atoms with Crippen molar-refractivity contribution in [3.05, 3.63) is 58.9 Å². The molecule has 4 nitrogen and oxygen atoms in total. The number of aryl methyl sites for hydroxylation is 3. The van der Waals surface area contributed by atoms with E-state index in [0.717, 1.165) is 37.1 Å². The molecule has 0 saturated carbocycles.